The summed E-state index contributed by atoms with van der Waals surface area (Å²) in [5.74, 6) is -0.519. The van der Waals surface area contributed by atoms with Gasteiger partial charge in [0.25, 0.3) is 11.5 Å². The number of benzene rings is 1. The Labute approximate surface area is 187 Å². The molecule has 1 amide bonds. The van der Waals surface area contributed by atoms with Gasteiger partial charge in [-0.1, -0.05) is 18.2 Å². The monoisotopic (exact) mass is 442 g/mol. The van der Waals surface area contributed by atoms with Gasteiger partial charge >= 0.3 is 0 Å². The highest BCUT2D eigenvalue weighted by Gasteiger charge is 2.16. The Hall–Kier alpha value is -4.53. The second-order valence-corrected chi connectivity index (χ2v) is 7.67. The molecule has 2 N–H and O–H groups in total. The van der Waals surface area contributed by atoms with Crippen molar-refractivity contribution >= 4 is 22.6 Å². The van der Waals surface area contributed by atoms with Gasteiger partial charge in [0.2, 0.25) is 0 Å². The van der Waals surface area contributed by atoms with E-state index in [-0.39, 0.29) is 16.8 Å². The molecule has 164 valence electrons. The topological polar surface area (TPSA) is 97.6 Å². The van der Waals surface area contributed by atoms with Crippen LogP contribution in [0, 0.1) is 12.7 Å². The van der Waals surface area contributed by atoms with Crippen molar-refractivity contribution in [3.63, 3.8) is 0 Å². The Morgan fingerprint density at radius 3 is 2.76 bits per heavy atom. The summed E-state index contributed by atoms with van der Waals surface area (Å²) in [5, 5.41) is 7.62. The van der Waals surface area contributed by atoms with Gasteiger partial charge in [0.05, 0.1) is 17.5 Å². The molecule has 33 heavy (non-hydrogen) atoms. The van der Waals surface area contributed by atoms with Crippen molar-refractivity contribution in [3.05, 3.63) is 94.5 Å². The van der Waals surface area contributed by atoms with Crippen LogP contribution in [-0.2, 0) is 7.05 Å². The maximum atomic E-state index is 14.0. The molecular formula is C24H19FN6O2. The van der Waals surface area contributed by atoms with Crippen LogP contribution in [0.4, 0.5) is 10.2 Å². The number of hydrogen-bond acceptors (Lipinski definition) is 4. The molecule has 4 heterocycles. The molecular weight excluding hydrogens is 423 g/mol. The Kier molecular flexibility index (Phi) is 4.86. The number of carbonyl (C=O) groups is 1. The molecule has 0 aliphatic carbocycles. The molecule has 0 bridgehead atoms. The summed E-state index contributed by atoms with van der Waals surface area (Å²) in [6, 6.07) is 11.6. The first kappa shape index (κ1) is 20.4. The van der Waals surface area contributed by atoms with Gasteiger partial charge in [-0.25, -0.2) is 14.1 Å². The first-order chi connectivity index (χ1) is 15.9. The van der Waals surface area contributed by atoms with Crippen LogP contribution < -0.4 is 10.9 Å². The number of halogens is 1. The number of anilines is 1. The quantitative estimate of drug-likeness (QED) is 0.442. The van der Waals surface area contributed by atoms with Gasteiger partial charge in [0.15, 0.2) is 0 Å². The Morgan fingerprint density at radius 1 is 1.12 bits per heavy atom. The summed E-state index contributed by atoms with van der Waals surface area (Å²) >= 11 is 0. The SMILES string of the molecule is Cc1ccc(NC(=O)c2cnn(-c3ccccc3F)c2)nc1-c1cn(C)c(=O)c2[nH]ccc12. The van der Waals surface area contributed by atoms with Crippen LogP contribution in [0.25, 0.3) is 27.8 Å². The number of pyridine rings is 2. The summed E-state index contributed by atoms with van der Waals surface area (Å²) in [4.78, 5) is 32.8. The van der Waals surface area contributed by atoms with Crippen molar-refractivity contribution in [2.45, 2.75) is 6.92 Å². The number of amides is 1. The van der Waals surface area contributed by atoms with Crippen LogP contribution in [0.2, 0.25) is 0 Å². The van der Waals surface area contributed by atoms with Gasteiger partial charge in [0.1, 0.15) is 22.8 Å². The highest BCUT2D eigenvalue weighted by molar-refractivity contribution is 6.03. The lowest BCUT2D eigenvalue weighted by Gasteiger charge is -2.11. The molecule has 0 saturated carbocycles. The second kappa shape index (κ2) is 7.86. The number of H-pyrrole nitrogens is 1. The molecule has 9 heteroatoms. The molecule has 0 fully saturated rings. The average molecular weight is 442 g/mol. The minimum absolute atomic E-state index is 0.132. The standard InChI is InChI=1S/C24H19FN6O2/c1-14-7-8-20(28-21(14)17-13-30(2)24(33)22-16(17)9-10-26-22)29-23(32)15-11-27-31(12-15)19-6-4-3-5-18(19)25/h3-13,26H,1-2H3,(H,28,29,32). The van der Waals surface area contributed by atoms with Gasteiger partial charge in [-0.15, -0.1) is 0 Å². The predicted molar refractivity (Wildman–Crippen MR) is 123 cm³/mol. The second-order valence-electron chi connectivity index (χ2n) is 7.67. The molecule has 4 aromatic heterocycles. The molecule has 0 radical (unpaired) electrons. The number of aryl methyl sites for hydroxylation is 2. The van der Waals surface area contributed by atoms with Crippen molar-refractivity contribution in [1.29, 1.82) is 0 Å². The van der Waals surface area contributed by atoms with E-state index in [1.165, 1.54) is 27.7 Å². The van der Waals surface area contributed by atoms with Gasteiger partial charge in [-0.05, 0) is 36.8 Å². The molecule has 0 unspecified atom stereocenters. The molecule has 5 aromatic rings. The zero-order valence-electron chi connectivity index (χ0n) is 17.8. The molecule has 0 aliphatic rings. The summed E-state index contributed by atoms with van der Waals surface area (Å²) in [7, 11) is 1.68. The summed E-state index contributed by atoms with van der Waals surface area (Å²) in [6.45, 7) is 1.91. The summed E-state index contributed by atoms with van der Waals surface area (Å²) in [6.07, 6.45) is 6.27. The van der Waals surface area contributed by atoms with Crippen molar-refractivity contribution in [2.75, 3.05) is 5.32 Å². The van der Waals surface area contributed by atoms with E-state index in [4.69, 9.17) is 0 Å². The van der Waals surface area contributed by atoms with E-state index in [0.717, 1.165) is 16.5 Å². The smallest absolute Gasteiger partial charge is 0.274 e. The van der Waals surface area contributed by atoms with E-state index in [2.05, 4.69) is 20.4 Å². The molecule has 0 saturated heterocycles. The molecule has 0 aliphatic heterocycles. The fourth-order valence-corrected chi connectivity index (χ4v) is 3.73. The minimum Gasteiger partial charge on any atom is -0.357 e. The number of rotatable bonds is 4. The maximum Gasteiger partial charge on any atom is 0.274 e. The molecule has 1 aromatic carbocycles. The number of nitrogens with one attached hydrogen (secondary N) is 2. The zero-order valence-corrected chi connectivity index (χ0v) is 17.8. The highest BCUT2D eigenvalue weighted by Crippen LogP contribution is 2.28. The van der Waals surface area contributed by atoms with Crippen molar-refractivity contribution in [2.24, 2.45) is 7.05 Å². The van der Waals surface area contributed by atoms with E-state index in [9.17, 15) is 14.0 Å². The fourth-order valence-electron chi connectivity index (χ4n) is 3.73. The van der Waals surface area contributed by atoms with Gasteiger partial charge in [-0.3, -0.25) is 9.59 Å². The average Bonchev–Trinajstić information content (AvgIpc) is 3.48. The first-order valence-electron chi connectivity index (χ1n) is 10.2. The number of fused-ring (bicyclic) bond motifs is 1. The fraction of sp³-hybridized carbons (Fsp3) is 0.0833. The van der Waals surface area contributed by atoms with Gasteiger partial charge in [0, 0.05) is 36.6 Å². The van der Waals surface area contributed by atoms with Crippen molar-refractivity contribution in [3.8, 4) is 16.9 Å². The summed E-state index contributed by atoms with van der Waals surface area (Å²) in [5.41, 5.74) is 3.18. The number of para-hydroxylation sites is 1. The predicted octanol–water partition coefficient (Wildman–Crippen LogP) is 3.81. The molecule has 8 nitrogen and oxygen atoms in total. The third-order valence-electron chi connectivity index (χ3n) is 5.43. The van der Waals surface area contributed by atoms with E-state index in [1.807, 2.05) is 19.1 Å². The number of hydrogen-bond donors (Lipinski definition) is 2. The van der Waals surface area contributed by atoms with Crippen LogP contribution in [0.15, 0.2) is 72.0 Å². The normalized spacial score (nSPS) is 11.1. The van der Waals surface area contributed by atoms with Crippen LogP contribution >= 0.6 is 0 Å². The molecule has 0 atom stereocenters. The van der Waals surface area contributed by atoms with E-state index >= 15 is 0 Å². The van der Waals surface area contributed by atoms with E-state index < -0.39 is 11.7 Å². The van der Waals surface area contributed by atoms with Crippen LogP contribution in [0.1, 0.15) is 15.9 Å². The van der Waals surface area contributed by atoms with Crippen molar-refractivity contribution in [1.82, 2.24) is 24.3 Å². The van der Waals surface area contributed by atoms with Crippen LogP contribution in [-0.4, -0.2) is 30.2 Å². The Morgan fingerprint density at radius 2 is 1.94 bits per heavy atom. The number of carbonyl (C=O) groups excluding carboxylic acids is 1. The number of aromatic amines is 1. The largest absolute Gasteiger partial charge is 0.357 e. The van der Waals surface area contributed by atoms with Crippen molar-refractivity contribution < 1.29 is 9.18 Å². The minimum atomic E-state index is -0.439. The highest BCUT2D eigenvalue weighted by atomic mass is 19.1. The Bertz CT molecular complexity index is 1580. The zero-order chi connectivity index (χ0) is 23.1. The first-order valence-corrected chi connectivity index (χ1v) is 10.2. The van der Waals surface area contributed by atoms with E-state index in [1.54, 1.807) is 43.7 Å². The van der Waals surface area contributed by atoms with E-state index in [0.29, 0.717) is 17.0 Å². The number of nitrogens with zero attached hydrogens (tertiary/aromatic N) is 4. The summed E-state index contributed by atoms with van der Waals surface area (Å²) < 4.78 is 16.8. The number of aromatic nitrogens is 5. The third kappa shape index (κ3) is 3.59. The van der Waals surface area contributed by atoms with Gasteiger partial charge < -0.3 is 14.9 Å². The molecule has 0 spiro atoms. The van der Waals surface area contributed by atoms with Gasteiger partial charge in [-0.2, -0.15) is 5.10 Å². The lowest BCUT2D eigenvalue weighted by molar-refractivity contribution is 0.102. The maximum absolute atomic E-state index is 14.0. The molecule has 5 rings (SSSR count). The van der Waals surface area contributed by atoms with Crippen LogP contribution in [0.3, 0.4) is 0 Å². The lowest BCUT2D eigenvalue weighted by atomic mass is 10.0. The van der Waals surface area contributed by atoms with Crippen LogP contribution in [0.5, 0.6) is 0 Å². The Balaban J connectivity index is 1.47. The third-order valence-corrected chi connectivity index (χ3v) is 5.43. The lowest BCUT2D eigenvalue weighted by Crippen LogP contribution is -2.17.